The highest BCUT2D eigenvalue weighted by molar-refractivity contribution is 5.56. The van der Waals surface area contributed by atoms with Gasteiger partial charge in [-0.2, -0.15) is 18.2 Å². The van der Waals surface area contributed by atoms with Gasteiger partial charge in [-0.15, -0.1) is 10.2 Å². The molecule has 2 aromatic rings. The monoisotopic (exact) mass is 255 g/mol. The summed E-state index contributed by atoms with van der Waals surface area (Å²) in [5, 5.41) is 16.6. The van der Waals surface area contributed by atoms with E-state index in [4.69, 9.17) is 0 Å². The molecule has 0 saturated heterocycles. The van der Waals surface area contributed by atoms with Crippen molar-refractivity contribution in [2.75, 3.05) is 0 Å². The second-order valence-corrected chi connectivity index (χ2v) is 3.62. The van der Waals surface area contributed by atoms with Gasteiger partial charge < -0.3 is 5.11 Å². The Morgan fingerprint density at radius 1 is 1.17 bits per heavy atom. The van der Waals surface area contributed by atoms with Gasteiger partial charge in [0.15, 0.2) is 5.82 Å². The van der Waals surface area contributed by atoms with E-state index in [9.17, 15) is 18.3 Å². The number of hydrogen-bond donors (Lipinski definition) is 1. The van der Waals surface area contributed by atoms with Gasteiger partial charge in [0, 0.05) is 5.56 Å². The van der Waals surface area contributed by atoms with E-state index in [0.717, 1.165) is 12.1 Å². The number of benzene rings is 1. The Balaban J connectivity index is 2.48. The van der Waals surface area contributed by atoms with E-state index in [0.29, 0.717) is 0 Å². The highest BCUT2D eigenvalue weighted by Crippen LogP contribution is 2.31. The molecule has 0 fully saturated rings. The van der Waals surface area contributed by atoms with Gasteiger partial charge in [-0.25, -0.2) is 0 Å². The molecular weight excluding hydrogens is 247 g/mol. The predicted octanol–water partition coefficient (Wildman–Crippen LogP) is 2.57. The Labute approximate surface area is 100 Å². The van der Waals surface area contributed by atoms with Crippen LogP contribution < -0.4 is 0 Å². The van der Waals surface area contributed by atoms with Crippen LogP contribution in [0.4, 0.5) is 13.2 Å². The number of alkyl halides is 3. The average Bonchev–Trinajstić information content (AvgIpc) is 2.32. The molecule has 1 aromatic heterocycles. The molecule has 0 unspecified atom stereocenters. The van der Waals surface area contributed by atoms with Gasteiger partial charge in [-0.3, -0.25) is 0 Å². The Hall–Kier alpha value is -2.18. The predicted molar refractivity (Wildman–Crippen MR) is 56.7 cm³/mol. The number of aromatic nitrogens is 3. The third-order valence-corrected chi connectivity index (χ3v) is 2.28. The Morgan fingerprint density at radius 2 is 1.89 bits per heavy atom. The Morgan fingerprint density at radius 3 is 2.50 bits per heavy atom. The summed E-state index contributed by atoms with van der Waals surface area (Å²) in [5.74, 6) is -0.401. The molecule has 1 N–H and O–H groups in total. The lowest BCUT2D eigenvalue weighted by Gasteiger charge is -2.07. The van der Waals surface area contributed by atoms with E-state index in [1.54, 1.807) is 0 Å². The van der Waals surface area contributed by atoms with Crippen molar-refractivity contribution in [2.24, 2.45) is 0 Å². The first kappa shape index (κ1) is 12.3. The molecule has 0 amide bonds. The average molecular weight is 255 g/mol. The molecule has 7 heteroatoms. The summed E-state index contributed by atoms with van der Waals surface area (Å²) in [6.45, 7) is 1.49. The van der Waals surface area contributed by atoms with Crippen LogP contribution in [0.2, 0.25) is 0 Å². The zero-order valence-corrected chi connectivity index (χ0v) is 9.23. The topological polar surface area (TPSA) is 58.9 Å². The van der Waals surface area contributed by atoms with E-state index in [-0.39, 0.29) is 23.0 Å². The van der Waals surface area contributed by atoms with Crippen LogP contribution in [0, 0.1) is 6.92 Å². The fourth-order valence-electron chi connectivity index (χ4n) is 1.33. The lowest BCUT2D eigenvalue weighted by Crippen LogP contribution is -2.05. The minimum absolute atomic E-state index is 0.0517. The number of hydrogen-bond acceptors (Lipinski definition) is 4. The summed E-state index contributed by atoms with van der Waals surface area (Å²) in [6.07, 6.45) is -4.43. The minimum Gasteiger partial charge on any atom is -0.492 e. The molecular formula is C11H8F3N3O. The smallest absolute Gasteiger partial charge is 0.416 e. The summed E-state index contributed by atoms with van der Waals surface area (Å²) < 4.78 is 37.6. The van der Waals surface area contributed by atoms with Gasteiger partial charge in [0.25, 0.3) is 0 Å². The van der Waals surface area contributed by atoms with E-state index in [2.05, 4.69) is 15.2 Å². The first-order chi connectivity index (χ1) is 8.38. The Kier molecular flexibility index (Phi) is 2.90. The van der Waals surface area contributed by atoms with Crippen LogP contribution in [-0.4, -0.2) is 20.3 Å². The second kappa shape index (κ2) is 4.25. The number of nitrogens with zero attached hydrogens (tertiary/aromatic N) is 3. The standard InChI is InChI=1S/C11H8F3N3O/c1-6-10(18)15-9(17-16-6)7-3-2-4-8(5-7)11(12,13)14/h2-5H,1H3,(H,15,17,18). The maximum absolute atomic E-state index is 12.5. The van der Waals surface area contributed by atoms with Crippen LogP contribution in [0.15, 0.2) is 24.3 Å². The van der Waals surface area contributed by atoms with Crippen molar-refractivity contribution in [2.45, 2.75) is 13.1 Å². The first-order valence-corrected chi connectivity index (χ1v) is 4.96. The van der Waals surface area contributed by atoms with Gasteiger partial charge >= 0.3 is 6.18 Å². The SMILES string of the molecule is Cc1nnc(-c2cccc(C(F)(F)F)c2)nc1O. The summed E-state index contributed by atoms with van der Waals surface area (Å²) >= 11 is 0. The lowest BCUT2D eigenvalue weighted by atomic mass is 10.1. The Bertz CT molecular complexity index is 584. The molecule has 0 saturated carbocycles. The van der Waals surface area contributed by atoms with Gasteiger partial charge in [0.2, 0.25) is 5.88 Å². The molecule has 0 aliphatic carbocycles. The van der Waals surface area contributed by atoms with Crippen LogP contribution in [0.25, 0.3) is 11.4 Å². The highest BCUT2D eigenvalue weighted by Gasteiger charge is 2.30. The second-order valence-electron chi connectivity index (χ2n) is 3.62. The van der Waals surface area contributed by atoms with Gasteiger partial charge in [-0.05, 0) is 19.1 Å². The van der Waals surface area contributed by atoms with Crippen molar-refractivity contribution in [3.8, 4) is 17.3 Å². The third kappa shape index (κ3) is 2.39. The van der Waals surface area contributed by atoms with Crippen molar-refractivity contribution in [1.29, 1.82) is 0 Å². The summed E-state index contributed by atoms with van der Waals surface area (Å²) in [5.41, 5.74) is -0.443. The highest BCUT2D eigenvalue weighted by atomic mass is 19.4. The molecule has 1 aromatic carbocycles. The van der Waals surface area contributed by atoms with Crippen molar-refractivity contribution in [3.63, 3.8) is 0 Å². The number of halogens is 3. The quantitative estimate of drug-likeness (QED) is 0.850. The molecule has 0 spiro atoms. The lowest BCUT2D eigenvalue weighted by molar-refractivity contribution is -0.137. The first-order valence-electron chi connectivity index (χ1n) is 4.96. The van der Waals surface area contributed by atoms with Crippen LogP contribution in [0.3, 0.4) is 0 Å². The van der Waals surface area contributed by atoms with Crippen molar-refractivity contribution in [3.05, 3.63) is 35.5 Å². The van der Waals surface area contributed by atoms with Crippen molar-refractivity contribution in [1.82, 2.24) is 15.2 Å². The zero-order valence-electron chi connectivity index (χ0n) is 9.23. The van der Waals surface area contributed by atoms with E-state index < -0.39 is 11.7 Å². The van der Waals surface area contributed by atoms with Crippen LogP contribution in [0.1, 0.15) is 11.3 Å². The molecule has 0 radical (unpaired) electrons. The largest absolute Gasteiger partial charge is 0.492 e. The fraction of sp³-hybridized carbons (Fsp3) is 0.182. The van der Waals surface area contributed by atoms with E-state index in [1.165, 1.54) is 19.1 Å². The van der Waals surface area contributed by atoms with Crippen LogP contribution in [0.5, 0.6) is 5.88 Å². The minimum atomic E-state index is -4.43. The maximum atomic E-state index is 12.5. The molecule has 0 aliphatic heterocycles. The van der Waals surface area contributed by atoms with Gasteiger partial charge in [-0.1, -0.05) is 12.1 Å². The molecule has 0 bridgehead atoms. The zero-order chi connectivity index (χ0) is 13.3. The molecule has 0 atom stereocenters. The fourth-order valence-corrected chi connectivity index (χ4v) is 1.33. The number of aromatic hydroxyl groups is 1. The van der Waals surface area contributed by atoms with Crippen LogP contribution in [-0.2, 0) is 6.18 Å². The number of aryl methyl sites for hydroxylation is 1. The summed E-state index contributed by atoms with van der Waals surface area (Å²) in [4.78, 5) is 3.68. The molecule has 0 aliphatic rings. The molecule has 1 heterocycles. The van der Waals surface area contributed by atoms with Gasteiger partial charge in [0.1, 0.15) is 5.69 Å². The van der Waals surface area contributed by atoms with Crippen LogP contribution >= 0.6 is 0 Å². The molecule has 94 valence electrons. The third-order valence-electron chi connectivity index (χ3n) is 2.28. The van der Waals surface area contributed by atoms with Crippen molar-refractivity contribution >= 4 is 0 Å². The summed E-state index contributed by atoms with van der Waals surface area (Å²) in [6, 6.07) is 4.52. The van der Waals surface area contributed by atoms with Crippen molar-refractivity contribution < 1.29 is 18.3 Å². The molecule has 2 rings (SSSR count). The van der Waals surface area contributed by atoms with E-state index >= 15 is 0 Å². The van der Waals surface area contributed by atoms with E-state index in [1.807, 2.05) is 0 Å². The number of rotatable bonds is 1. The molecule has 4 nitrogen and oxygen atoms in total. The normalized spacial score (nSPS) is 11.6. The molecule has 18 heavy (non-hydrogen) atoms. The van der Waals surface area contributed by atoms with Gasteiger partial charge in [0.05, 0.1) is 5.56 Å². The summed E-state index contributed by atoms with van der Waals surface area (Å²) in [7, 11) is 0. The maximum Gasteiger partial charge on any atom is 0.416 e.